The number of para-hydroxylation sites is 1. The van der Waals surface area contributed by atoms with Gasteiger partial charge in [0, 0.05) is 28.8 Å². The molecule has 3 rings (SSSR count). The average molecular weight is 562 g/mol. The van der Waals surface area contributed by atoms with Crippen LogP contribution < -0.4 is 35.1 Å². The van der Waals surface area contributed by atoms with E-state index < -0.39 is 17.8 Å². The molecule has 0 fully saturated rings. The third kappa shape index (κ3) is 8.09. The summed E-state index contributed by atoms with van der Waals surface area (Å²) in [4.78, 5) is 49.4. The standard InChI is InChI=1S/C30H31N3O8/c1-18(2)28(35)31-22-13-10-20(11-14-22)29(36)33-32-26(34)15-12-19-8-6-7-9-23(19)41-30(37)21-16-24(38-3)27(40-5)25(17-21)39-4/h6-18H,1-5H3,(H,31,35)(H,32,34)(H,33,36)/b15-12+. The maximum Gasteiger partial charge on any atom is 0.343 e. The van der Waals surface area contributed by atoms with Crippen LogP contribution in [0.15, 0.2) is 66.7 Å². The molecule has 3 N–H and O–H groups in total. The zero-order valence-electron chi connectivity index (χ0n) is 23.3. The minimum absolute atomic E-state index is 0.140. The van der Waals surface area contributed by atoms with E-state index in [1.807, 2.05) is 0 Å². The second-order valence-electron chi connectivity index (χ2n) is 8.84. The molecule has 3 aromatic rings. The largest absolute Gasteiger partial charge is 0.493 e. The van der Waals surface area contributed by atoms with Crippen LogP contribution in [0.1, 0.15) is 40.1 Å². The van der Waals surface area contributed by atoms with Gasteiger partial charge in [0.1, 0.15) is 5.75 Å². The molecule has 0 heterocycles. The third-order valence-electron chi connectivity index (χ3n) is 5.67. The molecule has 0 aromatic heterocycles. The second kappa shape index (κ2) is 14.2. The number of hydrogen-bond donors (Lipinski definition) is 3. The van der Waals surface area contributed by atoms with Crippen LogP contribution >= 0.6 is 0 Å². The number of methoxy groups -OCH3 is 3. The Morgan fingerprint density at radius 3 is 1.98 bits per heavy atom. The first-order valence-corrected chi connectivity index (χ1v) is 12.5. The van der Waals surface area contributed by atoms with Crippen molar-refractivity contribution < 1.29 is 38.1 Å². The highest BCUT2D eigenvalue weighted by molar-refractivity contribution is 5.99. The molecule has 0 atom stereocenters. The summed E-state index contributed by atoms with van der Waals surface area (Å²) in [5, 5.41) is 2.73. The lowest BCUT2D eigenvalue weighted by Crippen LogP contribution is -2.40. The molecule has 0 bridgehead atoms. The van der Waals surface area contributed by atoms with Crippen molar-refractivity contribution in [3.8, 4) is 23.0 Å². The molecule has 0 aliphatic rings. The average Bonchev–Trinajstić information content (AvgIpc) is 2.98. The van der Waals surface area contributed by atoms with Gasteiger partial charge in [-0.05, 0) is 48.5 Å². The Kier molecular flexibility index (Phi) is 10.4. The molecule has 0 saturated heterocycles. The molecule has 0 spiro atoms. The Labute approximate surface area is 237 Å². The smallest absolute Gasteiger partial charge is 0.343 e. The summed E-state index contributed by atoms with van der Waals surface area (Å²) < 4.78 is 21.4. The van der Waals surface area contributed by atoms with Gasteiger partial charge < -0.3 is 24.3 Å². The third-order valence-corrected chi connectivity index (χ3v) is 5.67. The number of anilines is 1. The van der Waals surface area contributed by atoms with E-state index in [2.05, 4.69) is 16.2 Å². The van der Waals surface area contributed by atoms with Crippen molar-refractivity contribution in [1.29, 1.82) is 0 Å². The van der Waals surface area contributed by atoms with Crippen LogP contribution in [0.3, 0.4) is 0 Å². The van der Waals surface area contributed by atoms with Gasteiger partial charge in [-0.25, -0.2) is 4.79 Å². The topological polar surface area (TPSA) is 141 Å². The quantitative estimate of drug-likeness (QED) is 0.146. The SMILES string of the molecule is COc1cc(C(=O)Oc2ccccc2/C=C/C(=O)NNC(=O)c2ccc(NC(=O)C(C)C)cc2)cc(OC)c1OC. The van der Waals surface area contributed by atoms with E-state index in [0.717, 1.165) is 0 Å². The molecule has 11 heteroatoms. The molecule has 0 saturated carbocycles. The number of nitrogens with one attached hydrogen (secondary N) is 3. The lowest BCUT2D eigenvalue weighted by atomic mass is 10.1. The van der Waals surface area contributed by atoms with Crippen molar-refractivity contribution in [2.24, 2.45) is 5.92 Å². The van der Waals surface area contributed by atoms with Gasteiger partial charge in [-0.1, -0.05) is 32.0 Å². The van der Waals surface area contributed by atoms with Crippen LogP contribution in [0.5, 0.6) is 23.0 Å². The van der Waals surface area contributed by atoms with E-state index in [4.69, 9.17) is 18.9 Å². The number of esters is 1. The van der Waals surface area contributed by atoms with E-state index in [1.165, 1.54) is 57.7 Å². The molecule has 214 valence electrons. The van der Waals surface area contributed by atoms with Crippen molar-refractivity contribution >= 4 is 35.5 Å². The molecule has 11 nitrogen and oxygen atoms in total. The summed E-state index contributed by atoms with van der Waals surface area (Å²) in [7, 11) is 4.33. The van der Waals surface area contributed by atoms with Gasteiger partial charge in [0.25, 0.3) is 11.8 Å². The van der Waals surface area contributed by atoms with Gasteiger partial charge in [-0.2, -0.15) is 0 Å². The Balaban J connectivity index is 1.63. The molecule has 0 unspecified atom stereocenters. The maximum atomic E-state index is 12.9. The van der Waals surface area contributed by atoms with E-state index in [1.54, 1.807) is 50.2 Å². The Morgan fingerprint density at radius 1 is 0.756 bits per heavy atom. The fourth-order valence-corrected chi connectivity index (χ4v) is 3.46. The molecule has 0 aliphatic carbocycles. The summed E-state index contributed by atoms with van der Waals surface area (Å²) in [6, 6.07) is 15.8. The highest BCUT2D eigenvalue weighted by Gasteiger charge is 2.19. The summed E-state index contributed by atoms with van der Waals surface area (Å²) in [6.45, 7) is 3.55. The van der Waals surface area contributed by atoms with Gasteiger partial charge in [0.05, 0.1) is 26.9 Å². The van der Waals surface area contributed by atoms with Gasteiger partial charge in [0.2, 0.25) is 11.7 Å². The van der Waals surface area contributed by atoms with E-state index >= 15 is 0 Å². The van der Waals surface area contributed by atoms with Crippen LogP contribution in [0.4, 0.5) is 5.69 Å². The van der Waals surface area contributed by atoms with Crippen molar-refractivity contribution in [1.82, 2.24) is 10.9 Å². The Morgan fingerprint density at radius 2 is 1.39 bits per heavy atom. The zero-order chi connectivity index (χ0) is 29.9. The van der Waals surface area contributed by atoms with E-state index in [0.29, 0.717) is 28.5 Å². The van der Waals surface area contributed by atoms with Gasteiger partial charge in [0.15, 0.2) is 11.5 Å². The van der Waals surface area contributed by atoms with Crippen LogP contribution in [-0.2, 0) is 9.59 Å². The number of rotatable bonds is 10. The first kappa shape index (κ1) is 30.2. The fourth-order valence-electron chi connectivity index (χ4n) is 3.46. The van der Waals surface area contributed by atoms with Crippen LogP contribution in [-0.4, -0.2) is 45.0 Å². The van der Waals surface area contributed by atoms with Crippen molar-refractivity contribution in [2.75, 3.05) is 26.6 Å². The fraction of sp³-hybridized carbons (Fsp3) is 0.200. The van der Waals surface area contributed by atoms with Gasteiger partial charge in [-0.3, -0.25) is 25.2 Å². The number of hydrogen-bond acceptors (Lipinski definition) is 8. The number of benzene rings is 3. The molecular weight excluding hydrogens is 530 g/mol. The first-order chi connectivity index (χ1) is 19.7. The number of carbonyl (C=O) groups is 4. The zero-order valence-corrected chi connectivity index (χ0v) is 23.3. The van der Waals surface area contributed by atoms with Gasteiger partial charge in [-0.15, -0.1) is 0 Å². The number of ether oxygens (including phenoxy) is 4. The summed E-state index contributed by atoms with van der Waals surface area (Å²) >= 11 is 0. The van der Waals surface area contributed by atoms with Gasteiger partial charge >= 0.3 is 5.97 Å². The molecular formula is C30H31N3O8. The minimum Gasteiger partial charge on any atom is -0.493 e. The van der Waals surface area contributed by atoms with Crippen molar-refractivity contribution in [3.05, 3.63) is 83.4 Å². The molecule has 0 radical (unpaired) electrons. The number of amides is 3. The predicted molar refractivity (Wildman–Crippen MR) is 152 cm³/mol. The monoisotopic (exact) mass is 561 g/mol. The predicted octanol–water partition coefficient (Wildman–Crippen LogP) is 4.00. The molecule has 41 heavy (non-hydrogen) atoms. The normalized spacial score (nSPS) is 10.6. The Hall–Kier alpha value is -5.32. The van der Waals surface area contributed by atoms with Crippen LogP contribution in [0.2, 0.25) is 0 Å². The number of hydrazine groups is 1. The summed E-state index contributed by atoms with van der Waals surface area (Å²) in [5.41, 5.74) is 6.04. The Bertz CT molecular complexity index is 1420. The lowest BCUT2D eigenvalue weighted by Gasteiger charge is -2.14. The first-order valence-electron chi connectivity index (χ1n) is 12.5. The maximum absolute atomic E-state index is 12.9. The second-order valence-corrected chi connectivity index (χ2v) is 8.84. The molecule has 3 amide bonds. The minimum atomic E-state index is -0.684. The highest BCUT2D eigenvalue weighted by Crippen LogP contribution is 2.38. The number of carbonyl (C=O) groups excluding carboxylic acids is 4. The van der Waals surface area contributed by atoms with E-state index in [9.17, 15) is 19.2 Å². The van der Waals surface area contributed by atoms with Crippen molar-refractivity contribution in [2.45, 2.75) is 13.8 Å². The molecule has 3 aromatic carbocycles. The highest BCUT2D eigenvalue weighted by atomic mass is 16.5. The van der Waals surface area contributed by atoms with Crippen LogP contribution in [0, 0.1) is 5.92 Å². The van der Waals surface area contributed by atoms with Crippen molar-refractivity contribution in [3.63, 3.8) is 0 Å². The molecule has 0 aliphatic heterocycles. The summed E-state index contributed by atoms with van der Waals surface area (Å²) in [5.74, 6) is -1.06. The van der Waals surface area contributed by atoms with E-state index in [-0.39, 0.29) is 28.7 Å². The lowest BCUT2D eigenvalue weighted by molar-refractivity contribution is -0.119. The van der Waals surface area contributed by atoms with Crippen LogP contribution in [0.25, 0.3) is 6.08 Å². The summed E-state index contributed by atoms with van der Waals surface area (Å²) in [6.07, 6.45) is 2.61.